The number of halogens is 1. The van der Waals surface area contributed by atoms with Crippen LogP contribution in [0.4, 0.5) is 4.39 Å². The van der Waals surface area contributed by atoms with Crippen molar-refractivity contribution < 1.29 is 28.6 Å². The van der Waals surface area contributed by atoms with Gasteiger partial charge in [0.15, 0.2) is 6.61 Å². The van der Waals surface area contributed by atoms with Gasteiger partial charge in [-0.25, -0.2) is 9.18 Å². The standard InChI is InChI=1S/C31H25FN2O5/c1-2-24-27(30(37)31(33)38)28-25(39-17-26(35)36)15-21-7-3-4-9-23(21)29(28)34(24)16-18-6-5-8-20(14-18)19-10-12-22(32)13-11-19/h3-15H,2,16-17H2,1H3,(H2,33,38)(H,35,36). The molecule has 196 valence electrons. The summed E-state index contributed by atoms with van der Waals surface area (Å²) in [7, 11) is 0. The summed E-state index contributed by atoms with van der Waals surface area (Å²) in [5.41, 5.74) is 9.45. The molecule has 3 N–H and O–H groups in total. The Kier molecular flexibility index (Phi) is 6.85. The van der Waals surface area contributed by atoms with Gasteiger partial charge in [-0.2, -0.15) is 0 Å². The Morgan fingerprint density at radius 2 is 1.69 bits per heavy atom. The third kappa shape index (κ3) is 4.84. The predicted octanol–water partition coefficient (Wildman–Crippen LogP) is 5.34. The second kappa shape index (κ2) is 10.4. The van der Waals surface area contributed by atoms with E-state index in [-0.39, 0.29) is 17.1 Å². The van der Waals surface area contributed by atoms with Gasteiger partial charge in [0.05, 0.1) is 16.5 Å². The summed E-state index contributed by atoms with van der Waals surface area (Å²) in [6.45, 7) is 1.59. The number of Topliss-reactive ketones (excluding diaryl/α,β-unsaturated/α-hetero) is 1. The minimum atomic E-state index is -1.17. The van der Waals surface area contributed by atoms with E-state index in [1.807, 2.05) is 60.0 Å². The van der Waals surface area contributed by atoms with Crippen molar-refractivity contribution in [1.29, 1.82) is 0 Å². The predicted molar refractivity (Wildman–Crippen MR) is 146 cm³/mol. The number of rotatable bonds is 9. The number of primary amides is 1. The topological polar surface area (TPSA) is 112 Å². The highest BCUT2D eigenvalue weighted by Gasteiger charge is 2.29. The van der Waals surface area contributed by atoms with Gasteiger partial charge < -0.3 is 20.1 Å². The molecule has 0 fully saturated rings. The first-order valence-corrected chi connectivity index (χ1v) is 12.4. The van der Waals surface area contributed by atoms with Crippen LogP contribution in [0.3, 0.4) is 0 Å². The molecule has 1 amide bonds. The summed E-state index contributed by atoms with van der Waals surface area (Å²) in [5, 5.41) is 11.2. The Hall–Kier alpha value is -4.98. The number of nitrogens with two attached hydrogens (primary N) is 1. The third-order valence-corrected chi connectivity index (χ3v) is 6.70. The quantitative estimate of drug-likeness (QED) is 0.200. The van der Waals surface area contributed by atoms with Crippen LogP contribution in [0.15, 0.2) is 78.9 Å². The van der Waals surface area contributed by atoms with E-state index in [2.05, 4.69) is 0 Å². The van der Waals surface area contributed by atoms with E-state index in [1.54, 1.807) is 18.2 Å². The van der Waals surface area contributed by atoms with Gasteiger partial charge >= 0.3 is 5.97 Å². The Labute approximate surface area is 223 Å². The van der Waals surface area contributed by atoms with Gasteiger partial charge in [-0.3, -0.25) is 9.59 Å². The summed E-state index contributed by atoms with van der Waals surface area (Å²) in [5.74, 6) is -3.29. The number of carboxylic acid groups (broad SMARTS) is 1. The number of fused-ring (bicyclic) bond motifs is 3. The highest BCUT2D eigenvalue weighted by atomic mass is 19.1. The minimum absolute atomic E-state index is 0.112. The number of amides is 1. The molecule has 0 saturated carbocycles. The van der Waals surface area contributed by atoms with Crippen molar-refractivity contribution in [3.63, 3.8) is 0 Å². The average Bonchev–Trinajstić information content (AvgIpc) is 3.25. The first-order chi connectivity index (χ1) is 18.8. The fourth-order valence-electron chi connectivity index (χ4n) is 5.08. The van der Waals surface area contributed by atoms with Crippen LogP contribution in [0.5, 0.6) is 5.75 Å². The molecule has 7 nitrogen and oxygen atoms in total. The highest BCUT2D eigenvalue weighted by molar-refractivity contribution is 6.45. The Balaban J connectivity index is 1.78. The van der Waals surface area contributed by atoms with Crippen molar-refractivity contribution in [2.24, 2.45) is 5.73 Å². The van der Waals surface area contributed by atoms with Gasteiger partial charge in [0.2, 0.25) is 0 Å². The van der Waals surface area contributed by atoms with Crippen LogP contribution in [0.1, 0.15) is 28.5 Å². The molecule has 0 saturated heterocycles. The zero-order valence-electron chi connectivity index (χ0n) is 21.1. The maximum atomic E-state index is 13.5. The van der Waals surface area contributed by atoms with Crippen molar-refractivity contribution in [3.05, 3.63) is 102 Å². The van der Waals surface area contributed by atoms with Crippen molar-refractivity contribution >= 4 is 39.3 Å². The second-order valence-electron chi connectivity index (χ2n) is 9.16. The third-order valence-electron chi connectivity index (χ3n) is 6.70. The van der Waals surface area contributed by atoms with Crippen LogP contribution in [-0.2, 0) is 22.6 Å². The highest BCUT2D eigenvalue weighted by Crippen LogP contribution is 2.40. The summed E-state index contributed by atoms with van der Waals surface area (Å²) >= 11 is 0. The smallest absolute Gasteiger partial charge is 0.341 e. The number of ether oxygens (including phenoxy) is 1. The molecule has 0 aliphatic carbocycles. The van der Waals surface area contributed by atoms with Crippen LogP contribution in [0.25, 0.3) is 32.8 Å². The van der Waals surface area contributed by atoms with E-state index in [0.717, 1.165) is 27.5 Å². The molecular weight excluding hydrogens is 499 g/mol. The van der Waals surface area contributed by atoms with Crippen molar-refractivity contribution in [3.8, 4) is 16.9 Å². The summed E-state index contributed by atoms with van der Waals surface area (Å²) in [6, 6.07) is 23.2. The molecule has 0 unspecified atom stereocenters. The Morgan fingerprint density at radius 1 is 0.949 bits per heavy atom. The zero-order chi connectivity index (χ0) is 27.7. The van der Waals surface area contributed by atoms with E-state index >= 15 is 0 Å². The largest absolute Gasteiger partial charge is 0.481 e. The molecule has 0 aliphatic rings. The molecule has 0 bridgehead atoms. The number of carbonyl (C=O) groups excluding carboxylic acids is 2. The molecule has 5 rings (SSSR count). The van der Waals surface area contributed by atoms with E-state index in [9.17, 15) is 23.9 Å². The number of benzene rings is 4. The van der Waals surface area contributed by atoms with Gasteiger partial charge in [0, 0.05) is 17.6 Å². The molecule has 1 heterocycles. The first-order valence-electron chi connectivity index (χ1n) is 12.4. The van der Waals surface area contributed by atoms with Gasteiger partial charge in [0.25, 0.3) is 11.7 Å². The second-order valence-corrected chi connectivity index (χ2v) is 9.16. The lowest BCUT2D eigenvalue weighted by Crippen LogP contribution is -2.24. The van der Waals surface area contributed by atoms with Crippen molar-refractivity contribution in [1.82, 2.24) is 4.57 Å². The number of aliphatic carboxylic acids is 1. The molecule has 4 aromatic carbocycles. The average molecular weight is 525 g/mol. The van der Waals surface area contributed by atoms with Gasteiger partial charge in [-0.05, 0) is 52.8 Å². The van der Waals surface area contributed by atoms with E-state index in [0.29, 0.717) is 29.6 Å². The van der Waals surface area contributed by atoms with Gasteiger partial charge in [-0.15, -0.1) is 0 Å². The fourth-order valence-corrected chi connectivity index (χ4v) is 5.08. The number of hydrogen-bond acceptors (Lipinski definition) is 4. The lowest BCUT2D eigenvalue weighted by Gasteiger charge is -2.14. The Morgan fingerprint density at radius 3 is 2.38 bits per heavy atom. The van der Waals surface area contributed by atoms with Crippen molar-refractivity contribution in [2.45, 2.75) is 19.9 Å². The normalized spacial score (nSPS) is 11.1. The van der Waals surface area contributed by atoms with E-state index < -0.39 is 24.3 Å². The number of nitrogens with zero attached hydrogens (tertiary/aromatic N) is 1. The monoisotopic (exact) mass is 524 g/mol. The minimum Gasteiger partial charge on any atom is -0.481 e. The van der Waals surface area contributed by atoms with Crippen LogP contribution in [0, 0.1) is 5.82 Å². The van der Waals surface area contributed by atoms with E-state index in [1.165, 1.54) is 12.1 Å². The summed E-state index contributed by atoms with van der Waals surface area (Å²) < 4.78 is 21.1. The molecule has 39 heavy (non-hydrogen) atoms. The number of aromatic nitrogens is 1. The number of hydrogen-bond donors (Lipinski definition) is 2. The SMILES string of the molecule is CCc1c(C(=O)C(N)=O)c2c(OCC(=O)O)cc3ccccc3c2n1Cc1cccc(-c2ccc(F)cc2)c1. The maximum absolute atomic E-state index is 13.5. The Bertz CT molecular complexity index is 1760. The van der Waals surface area contributed by atoms with E-state index in [4.69, 9.17) is 10.5 Å². The van der Waals surface area contributed by atoms with Crippen LogP contribution >= 0.6 is 0 Å². The van der Waals surface area contributed by atoms with Crippen molar-refractivity contribution in [2.75, 3.05) is 6.61 Å². The van der Waals surface area contributed by atoms with Gasteiger partial charge in [0.1, 0.15) is 11.6 Å². The molecule has 8 heteroatoms. The molecule has 0 radical (unpaired) electrons. The lowest BCUT2D eigenvalue weighted by molar-refractivity contribution is -0.139. The molecule has 0 aliphatic heterocycles. The maximum Gasteiger partial charge on any atom is 0.341 e. The lowest BCUT2D eigenvalue weighted by atomic mass is 10.0. The molecule has 0 spiro atoms. The van der Waals surface area contributed by atoms with Crippen LogP contribution in [0.2, 0.25) is 0 Å². The number of carbonyl (C=O) groups is 3. The first kappa shape index (κ1) is 25.7. The van der Waals surface area contributed by atoms with Crippen LogP contribution < -0.4 is 10.5 Å². The zero-order valence-corrected chi connectivity index (χ0v) is 21.1. The molecular formula is C31H25FN2O5. The van der Waals surface area contributed by atoms with Crippen LogP contribution in [-0.4, -0.2) is 33.9 Å². The van der Waals surface area contributed by atoms with Gasteiger partial charge in [-0.1, -0.05) is 61.5 Å². The summed E-state index contributed by atoms with van der Waals surface area (Å²) in [6.07, 6.45) is 0.396. The molecule has 0 atom stereocenters. The number of carboxylic acids is 1. The molecule has 1 aromatic heterocycles. The fraction of sp³-hybridized carbons (Fsp3) is 0.129. The number of ketones is 1. The molecule has 5 aromatic rings. The summed E-state index contributed by atoms with van der Waals surface area (Å²) in [4.78, 5) is 36.7.